The molecule has 1 N–H and O–H groups in total. The van der Waals surface area contributed by atoms with Crippen LogP contribution in [-0.2, 0) is 38.1 Å². The maximum Gasteiger partial charge on any atom is 0.248 e. The van der Waals surface area contributed by atoms with Crippen LogP contribution in [0.15, 0.2) is 71.9 Å². The number of piperidine rings is 1. The number of pyridine rings is 1. The second-order valence-electron chi connectivity index (χ2n) is 9.92. The molecule has 2 aromatic carbocycles. The van der Waals surface area contributed by atoms with Crippen molar-refractivity contribution in [2.45, 2.75) is 42.3 Å². The fraction of sp³-hybridized carbons (Fsp3) is 0.357. The number of likely N-dealkylation sites (tertiary alicyclic amines) is 1. The van der Waals surface area contributed by atoms with Crippen LogP contribution in [0.2, 0.25) is 10.0 Å². The minimum absolute atomic E-state index is 0.0246. The van der Waals surface area contributed by atoms with Gasteiger partial charge in [-0.2, -0.15) is 4.31 Å². The van der Waals surface area contributed by atoms with Crippen molar-refractivity contribution in [2.75, 3.05) is 26.3 Å². The summed E-state index contributed by atoms with van der Waals surface area (Å²) >= 11 is 12.3. The highest BCUT2D eigenvalue weighted by atomic mass is 35.5. The fourth-order valence-electron chi connectivity index (χ4n) is 5.22. The Morgan fingerprint density at radius 2 is 1.82 bits per heavy atom. The number of carbonyl (C=O) groups excluding carboxylic acids is 1. The van der Waals surface area contributed by atoms with Gasteiger partial charge in [-0.15, -0.1) is 0 Å². The number of aliphatic hydroxyl groups is 1. The van der Waals surface area contributed by atoms with Gasteiger partial charge in [0.25, 0.3) is 0 Å². The number of nitrogens with zero attached hydrogens (tertiary/aromatic N) is 3. The summed E-state index contributed by atoms with van der Waals surface area (Å²) in [7, 11) is -3.98. The lowest BCUT2D eigenvalue weighted by molar-refractivity contribution is -0.141. The molecule has 0 spiro atoms. The van der Waals surface area contributed by atoms with Crippen LogP contribution < -0.4 is 0 Å². The van der Waals surface area contributed by atoms with Crippen molar-refractivity contribution in [3.05, 3.63) is 93.7 Å². The highest BCUT2D eigenvalue weighted by Crippen LogP contribution is 2.34. The number of carbonyl (C=O) groups is 1. The molecular weight excluding hydrogens is 561 g/mol. The number of hydrogen-bond acceptors (Lipinski definition) is 6. The molecule has 1 unspecified atom stereocenters. The van der Waals surface area contributed by atoms with E-state index in [-0.39, 0.29) is 35.6 Å². The maximum atomic E-state index is 13.7. The number of hydrogen-bond donors (Lipinski definition) is 1. The van der Waals surface area contributed by atoms with E-state index in [1.54, 1.807) is 23.4 Å². The van der Waals surface area contributed by atoms with Gasteiger partial charge in [0.05, 0.1) is 23.3 Å². The van der Waals surface area contributed by atoms with Crippen LogP contribution in [-0.4, -0.2) is 66.0 Å². The molecule has 8 nitrogen and oxygen atoms in total. The average molecular weight is 591 g/mol. The zero-order valence-corrected chi connectivity index (χ0v) is 23.5. The maximum absolute atomic E-state index is 13.7. The minimum atomic E-state index is -3.98. The predicted octanol–water partition coefficient (Wildman–Crippen LogP) is 4.03. The predicted molar refractivity (Wildman–Crippen MR) is 148 cm³/mol. The van der Waals surface area contributed by atoms with Gasteiger partial charge in [-0.1, -0.05) is 53.5 Å². The third kappa shape index (κ3) is 5.99. The normalized spacial score (nSPS) is 19.5. The van der Waals surface area contributed by atoms with Crippen LogP contribution in [0.3, 0.4) is 0 Å². The lowest BCUT2D eigenvalue weighted by atomic mass is 9.85. The molecule has 0 aliphatic carbocycles. The van der Waals surface area contributed by atoms with Crippen LogP contribution in [0.4, 0.5) is 0 Å². The number of fused-ring (bicyclic) bond motifs is 1. The Morgan fingerprint density at radius 1 is 1.08 bits per heavy atom. The molecule has 5 rings (SSSR count). The van der Waals surface area contributed by atoms with Gasteiger partial charge >= 0.3 is 0 Å². The van der Waals surface area contributed by atoms with Gasteiger partial charge in [0.1, 0.15) is 11.5 Å². The first-order valence-electron chi connectivity index (χ1n) is 12.7. The molecule has 0 saturated carbocycles. The molecule has 0 radical (unpaired) electrons. The molecular formula is C28H29Cl2N3O5S. The van der Waals surface area contributed by atoms with Crippen molar-refractivity contribution in [3.8, 4) is 0 Å². The van der Waals surface area contributed by atoms with Crippen molar-refractivity contribution < 1.29 is 23.1 Å². The van der Waals surface area contributed by atoms with E-state index < -0.39 is 21.7 Å². The first-order valence-corrected chi connectivity index (χ1v) is 14.9. The third-order valence-corrected chi connectivity index (χ3v) is 10.1. The van der Waals surface area contributed by atoms with Crippen LogP contribution in [0.25, 0.3) is 0 Å². The van der Waals surface area contributed by atoms with Crippen molar-refractivity contribution in [2.24, 2.45) is 0 Å². The summed E-state index contributed by atoms with van der Waals surface area (Å²) in [5.74, 6) is -0.199. The monoisotopic (exact) mass is 589 g/mol. The summed E-state index contributed by atoms with van der Waals surface area (Å²) < 4.78 is 34.6. The van der Waals surface area contributed by atoms with Crippen LogP contribution in [0.1, 0.15) is 29.5 Å². The Bertz CT molecular complexity index is 1450. The Balaban J connectivity index is 1.25. The molecule has 11 heteroatoms. The summed E-state index contributed by atoms with van der Waals surface area (Å²) in [4.78, 5) is 18.6. The van der Waals surface area contributed by atoms with Crippen LogP contribution in [0, 0.1) is 0 Å². The molecule has 3 heterocycles. The molecule has 2 aliphatic rings. The van der Waals surface area contributed by atoms with Gasteiger partial charge in [0.15, 0.2) is 0 Å². The van der Waals surface area contributed by atoms with E-state index >= 15 is 0 Å². The lowest BCUT2D eigenvalue weighted by Crippen LogP contribution is -2.48. The second kappa shape index (κ2) is 11.5. The first kappa shape index (κ1) is 28.0. The van der Waals surface area contributed by atoms with E-state index in [4.69, 9.17) is 27.9 Å². The smallest absolute Gasteiger partial charge is 0.248 e. The molecule has 206 valence electrons. The summed E-state index contributed by atoms with van der Waals surface area (Å²) in [5.41, 5.74) is 1.68. The van der Waals surface area contributed by atoms with Crippen molar-refractivity contribution in [1.29, 1.82) is 0 Å². The standard InChI is InChI=1S/C28H29Cl2N3O5S/c29-23-7-8-26(25(30)15-23)39(36,37)33-17-21-5-2-1-4-20(21)14-24(33)18-38-19-27(34)32-12-9-28(35,10-13-32)22-6-3-11-31-16-22/h1-8,11,15-16,24,35H,9-10,12-14,17-19H2. The van der Waals surface area contributed by atoms with Crippen molar-refractivity contribution in [1.82, 2.24) is 14.2 Å². The first-order chi connectivity index (χ1) is 18.7. The van der Waals surface area contributed by atoms with Crippen LogP contribution >= 0.6 is 23.2 Å². The Morgan fingerprint density at radius 3 is 2.51 bits per heavy atom. The number of sulfonamides is 1. The van der Waals surface area contributed by atoms with E-state index in [9.17, 15) is 18.3 Å². The van der Waals surface area contributed by atoms with E-state index in [0.717, 1.165) is 16.7 Å². The number of rotatable bonds is 7. The van der Waals surface area contributed by atoms with Gasteiger partial charge in [0.2, 0.25) is 15.9 Å². The summed E-state index contributed by atoms with van der Waals surface area (Å²) in [6.07, 6.45) is 4.55. The quantitative estimate of drug-likeness (QED) is 0.446. The lowest BCUT2D eigenvalue weighted by Gasteiger charge is -2.38. The topological polar surface area (TPSA) is 100 Å². The Kier molecular flexibility index (Phi) is 8.28. The number of benzene rings is 2. The number of aromatic nitrogens is 1. The minimum Gasteiger partial charge on any atom is -0.385 e. The van der Waals surface area contributed by atoms with Gasteiger partial charge in [-0.25, -0.2) is 8.42 Å². The van der Waals surface area contributed by atoms with Gasteiger partial charge in [-0.05, 0) is 54.7 Å². The van der Waals surface area contributed by atoms with E-state index in [2.05, 4.69) is 4.98 Å². The van der Waals surface area contributed by atoms with Gasteiger partial charge in [0, 0.05) is 42.6 Å². The number of amides is 1. The molecule has 3 aromatic rings. The summed E-state index contributed by atoms with van der Waals surface area (Å²) in [6.45, 7) is 0.801. The van der Waals surface area contributed by atoms with Crippen LogP contribution in [0.5, 0.6) is 0 Å². The highest BCUT2D eigenvalue weighted by Gasteiger charge is 2.38. The zero-order chi connectivity index (χ0) is 27.6. The van der Waals surface area contributed by atoms with Crippen molar-refractivity contribution in [3.63, 3.8) is 0 Å². The van der Waals surface area contributed by atoms with Crippen molar-refractivity contribution >= 4 is 39.1 Å². The summed E-state index contributed by atoms with van der Waals surface area (Å²) in [6, 6.07) is 15.1. The largest absolute Gasteiger partial charge is 0.385 e. The molecule has 1 atom stereocenters. The molecule has 1 aromatic heterocycles. The fourth-order valence-corrected chi connectivity index (χ4v) is 7.56. The number of ether oxygens (including phenoxy) is 1. The number of halogens is 2. The zero-order valence-electron chi connectivity index (χ0n) is 21.2. The SMILES string of the molecule is O=C(COCC1Cc2ccccc2CN1S(=O)(=O)c1ccc(Cl)cc1Cl)N1CCC(O)(c2cccnc2)CC1. The molecule has 0 bridgehead atoms. The highest BCUT2D eigenvalue weighted by molar-refractivity contribution is 7.89. The van der Waals surface area contributed by atoms with E-state index in [0.29, 0.717) is 37.4 Å². The molecule has 39 heavy (non-hydrogen) atoms. The third-order valence-electron chi connectivity index (χ3n) is 7.47. The molecule has 1 fully saturated rings. The summed E-state index contributed by atoms with van der Waals surface area (Å²) in [5, 5.41) is 11.4. The van der Waals surface area contributed by atoms with E-state index in [1.165, 1.54) is 22.5 Å². The Hall–Kier alpha value is -2.53. The van der Waals surface area contributed by atoms with E-state index in [1.807, 2.05) is 30.3 Å². The Labute approximate surface area is 238 Å². The van der Waals surface area contributed by atoms with Gasteiger partial charge in [-0.3, -0.25) is 9.78 Å². The molecule has 1 amide bonds. The molecule has 1 saturated heterocycles. The molecule has 2 aliphatic heterocycles. The second-order valence-corrected chi connectivity index (χ2v) is 12.6. The average Bonchev–Trinajstić information content (AvgIpc) is 2.93. The van der Waals surface area contributed by atoms with Gasteiger partial charge < -0.3 is 14.7 Å².